The summed E-state index contributed by atoms with van der Waals surface area (Å²) in [6, 6.07) is 0.248. The molecule has 0 spiro atoms. The highest BCUT2D eigenvalue weighted by atomic mass is 16.1. The van der Waals surface area contributed by atoms with Crippen molar-refractivity contribution in [2.24, 2.45) is 5.92 Å². The van der Waals surface area contributed by atoms with Crippen LogP contribution in [0.25, 0.3) is 0 Å². The molecular weight excluding hydrogens is 338 g/mol. The van der Waals surface area contributed by atoms with Gasteiger partial charge in [-0.25, -0.2) is 0 Å². The van der Waals surface area contributed by atoms with Crippen LogP contribution in [0, 0.1) is 5.92 Å². The normalized spacial score (nSPS) is 34.6. The first-order chi connectivity index (χ1) is 12.7. The summed E-state index contributed by atoms with van der Waals surface area (Å²) >= 11 is 0. The molecule has 5 nitrogen and oxygen atoms in total. The quantitative estimate of drug-likeness (QED) is 0.738. The minimum absolute atomic E-state index is 0.0374. The first-order valence-electron chi connectivity index (χ1n) is 10.7. The van der Waals surface area contributed by atoms with Gasteiger partial charge in [-0.1, -0.05) is 38.8 Å². The third-order valence-electron chi connectivity index (χ3n) is 5.87. The van der Waals surface area contributed by atoms with E-state index in [-0.39, 0.29) is 30.1 Å². The van der Waals surface area contributed by atoms with Crippen LogP contribution in [0.5, 0.6) is 0 Å². The summed E-state index contributed by atoms with van der Waals surface area (Å²) in [6.07, 6.45) is 9.64. The molecule has 1 fully saturated rings. The van der Waals surface area contributed by atoms with Gasteiger partial charge in [-0.3, -0.25) is 19.8 Å². The van der Waals surface area contributed by atoms with Gasteiger partial charge < -0.3 is 5.32 Å². The van der Waals surface area contributed by atoms with Crippen molar-refractivity contribution in [2.75, 3.05) is 26.2 Å². The number of Topliss-reactive ketones (excluding diaryl/α,β-unsaturated/α-hetero) is 2. The van der Waals surface area contributed by atoms with Gasteiger partial charge in [0.1, 0.15) is 5.54 Å². The SMILES string of the molecule is CC(C)NC12CN(C/C=C\CCCCC[C@@](C)(C(=O)C(C)C)NCC1=O)C2. The van der Waals surface area contributed by atoms with Gasteiger partial charge in [0.2, 0.25) is 0 Å². The van der Waals surface area contributed by atoms with Crippen LogP contribution in [0.2, 0.25) is 0 Å². The number of ketones is 2. The Morgan fingerprint density at radius 2 is 1.85 bits per heavy atom. The van der Waals surface area contributed by atoms with Crippen LogP contribution >= 0.6 is 0 Å². The number of nitrogens with zero attached hydrogens (tertiary/aromatic N) is 1. The van der Waals surface area contributed by atoms with E-state index in [1.165, 1.54) is 0 Å². The maximum Gasteiger partial charge on any atom is 0.169 e. The first-order valence-corrected chi connectivity index (χ1v) is 10.7. The summed E-state index contributed by atoms with van der Waals surface area (Å²) in [5.74, 6) is 0.347. The van der Waals surface area contributed by atoms with Crippen LogP contribution in [-0.2, 0) is 9.59 Å². The summed E-state index contributed by atoms with van der Waals surface area (Å²) in [5.41, 5.74) is -1.11. The van der Waals surface area contributed by atoms with Crippen molar-refractivity contribution in [3.05, 3.63) is 12.2 Å². The third kappa shape index (κ3) is 5.72. The van der Waals surface area contributed by atoms with Crippen molar-refractivity contribution in [2.45, 2.75) is 83.8 Å². The highest BCUT2D eigenvalue weighted by Crippen LogP contribution is 2.25. The summed E-state index contributed by atoms with van der Waals surface area (Å²) < 4.78 is 0. The summed E-state index contributed by atoms with van der Waals surface area (Å²) in [7, 11) is 0. The van der Waals surface area contributed by atoms with Gasteiger partial charge in [0.05, 0.1) is 12.1 Å². The number of hydrogen-bond acceptors (Lipinski definition) is 5. The molecule has 0 radical (unpaired) electrons. The zero-order valence-electron chi connectivity index (χ0n) is 17.9. The summed E-state index contributed by atoms with van der Waals surface area (Å²) in [4.78, 5) is 28.3. The van der Waals surface area contributed by atoms with Crippen molar-refractivity contribution in [1.82, 2.24) is 15.5 Å². The zero-order chi connectivity index (χ0) is 20.1. The van der Waals surface area contributed by atoms with Crippen LogP contribution in [0.3, 0.4) is 0 Å². The van der Waals surface area contributed by atoms with E-state index in [9.17, 15) is 9.59 Å². The van der Waals surface area contributed by atoms with E-state index >= 15 is 0 Å². The standard InChI is InChI=1S/C22H39N3O2/c1-17(2)20(27)21(5)12-10-8-6-7-9-11-13-25-15-22(16-25,24-18(3)4)19(26)14-23-21/h9,11,17-18,23-24H,6-8,10,12-16H2,1-5H3/b11-9-/t21-/m0/s1. The fraction of sp³-hybridized carbons (Fsp3) is 0.818. The lowest BCUT2D eigenvalue weighted by Crippen LogP contribution is -2.75. The molecule has 0 amide bonds. The van der Waals surface area contributed by atoms with E-state index in [1.807, 2.05) is 20.8 Å². The van der Waals surface area contributed by atoms with Crippen molar-refractivity contribution in [1.29, 1.82) is 0 Å². The predicted molar refractivity (Wildman–Crippen MR) is 111 cm³/mol. The van der Waals surface area contributed by atoms with Gasteiger partial charge in [-0.05, 0) is 40.0 Å². The lowest BCUT2D eigenvalue weighted by Gasteiger charge is -2.50. The smallest absolute Gasteiger partial charge is 0.169 e. The molecule has 2 N–H and O–H groups in total. The Morgan fingerprint density at radius 1 is 1.15 bits per heavy atom. The van der Waals surface area contributed by atoms with E-state index in [0.717, 1.165) is 51.7 Å². The predicted octanol–water partition coefficient (Wildman–Crippen LogP) is 2.70. The van der Waals surface area contributed by atoms with Crippen LogP contribution in [-0.4, -0.2) is 59.8 Å². The number of carbonyl (C=O) groups is 2. The highest BCUT2D eigenvalue weighted by Gasteiger charge is 2.49. The van der Waals surface area contributed by atoms with E-state index in [2.05, 4.69) is 41.5 Å². The Morgan fingerprint density at radius 3 is 2.48 bits per heavy atom. The van der Waals surface area contributed by atoms with E-state index in [0.29, 0.717) is 0 Å². The second-order valence-electron chi connectivity index (χ2n) is 9.25. The Bertz CT molecular complexity index is 550. The van der Waals surface area contributed by atoms with Crippen LogP contribution in [0.15, 0.2) is 12.2 Å². The van der Waals surface area contributed by atoms with Gasteiger partial charge in [0, 0.05) is 31.6 Å². The molecule has 3 rings (SSSR count). The van der Waals surface area contributed by atoms with Gasteiger partial charge in [0.15, 0.2) is 11.6 Å². The van der Waals surface area contributed by atoms with Gasteiger partial charge >= 0.3 is 0 Å². The topological polar surface area (TPSA) is 61.4 Å². The Labute approximate surface area is 165 Å². The second-order valence-corrected chi connectivity index (χ2v) is 9.25. The molecule has 3 heterocycles. The number of fused-ring (bicyclic) bond motifs is 10. The molecular formula is C22H39N3O2. The fourth-order valence-corrected chi connectivity index (χ4v) is 4.39. The zero-order valence-corrected chi connectivity index (χ0v) is 17.9. The molecule has 3 aliphatic rings. The summed E-state index contributed by atoms with van der Waals surface area (Å²) in [6.45, 7) is 12.7. The molecule has 0 aromatic heterocycles. The minimum Gasteiger partial charge on any atom is -0.301 e. The average molecular weight is 378 g/mol. The number of hydrogen-bond donors (Lipinski definition) is 2. The molecule has 0 unspecified atom stereocenters. The third-order valence-corrected chi connectivity index (χ3v) is 5.87. The summed E-state index contributed by atoms with van der Waals surface area (Å²) in [5, 5.41) is 6.88. The molecule has 1 atom stereocenters. The van der Waals surface area contributed by atoms with Crippen molar-refractivity contribution < 1.29 is 9.59 Å². The average Bonchev–Trinajstić information content (AvgIpc) is 2.57. The van der Waals surface area contributed by atoms with E-state index in [1.54, 1.807) is 0 Å². The Kier molecular flexibility index (Phi) is 7.78. The molecule has 3 aliphatic heterocycles. The first kappa shape index (κ1) is 22.3. The van der Waals surface area contributed by atoms with Gasteiger partial charge in [-0.2, -0.15) is 0 Å². The number of allylic oxidation sites excluding steroid dienone is 1. The lowest BCUT2D eigenvalue weighted by atomic mass is 9.81. The molecule has 1 saturated heterocycles. The number of nitrogens with one attached hydrogen (secondary N) is 2. The fourth-order valence-electron chi connectivity index (χ4n) is 4.39. The van der Waals surface area contributed by atoms with Crippen LogP contribution < -0.4 is 10.6 Å². The molecule has 154 valence electrons. The van der Waals surface area contributed by atoms with Gasteiger partial charge in [-0.15, -0.1) is 0 Å². The monoisotopic (exact) mass is 377 g/mol. The number of carbonyl (C=O) groups excluding carboxylic acids is 2. The number of rotatable bonds is 4. The van der Waals surface area contributed by atoms with E-state index < -0.39 is 11.1 Å². The highest BCUT2D eigenvalue weighted by molar-refractivity contribution is 5.94. The lowest BCUT2D eigenvalue weighted by molar-refractivity contribution is -0.133. The minimum atomic E-state index is -0.623. The van der Waals surface area contributed by atoms with Crippen molar-refractivity contribution >= 4 is 11.6 Å². The second kappa shape index (κ2) is 9.44. The molecule has 5 heteroatoms. The molecule has 0 aliphatic carbocycles. The van der Waals surface area contributed by atoms with Crippen molar-refractivity contribution in [3.63, 3.8) is 0 Å². The maximum atomic E-state index is 13.1. The Hall–Kier alpha value is -1.04. The largest absolute Gasteiger partial charge is 0.301 e. The van der Waals surface area contributed by atoms with Crippen LogP contribution in [0.1, 0.15) is 66.7 Å². The maximum absolute atomic E-state index is 13.1. The van der Waals surface area contributed by atoms with Gasteiger partial charge in [0.25, 0.3) is 0 Å². The molecule has 0 aromatic rings. The molecule has 27 heavy (non-hydrogen) atoms. The molecule has 0 saturated carbocycles. The molecule has 2 bridgehead atoms. The van der Waals surface area contributed by atoms with Crippen molar-refractivity contribution in [3.8, 4) is 0 Å². The molecule has 0 aromatic carbocycles. The van der Waals surface area contributed by atoms with Crippen LogP contribution in [0.4, 0.5) is 0 Å². The Balaban J connectivity index is 2.17. The van der Waals surface area contributed by atoms with E-state index in [4.69, 9.17) is 0 Å².